The van der Waals surface area contributed by atoms with Gasteiger partial charge in [0.05, 0.1) is 6.61 Å². The summed E-state index contributed by atoms with van der Waals surface area (Å²) in [5.41, 5.74) is 5.87. The van der Waals surface area contributed by atoms with Crippen molar-refractivity contribution in [1.29, 1.82) is 0 Å². The summed E-state index contributed by atoms with van der Waals surface area (Å²) >= 11 is 0. The minimum absolute atomic E-state index is 0.122. The van der Waals surface area contributed by atoms with Gasteiger partial charge in [0.25, 0.3) is 0 Å². The molecule has 0 spiro atoms. The third-order valence-electron chi connectivity index (χ3n) is 2.40. The largest absolute Gasteiger partial charge is 0.491 e. The highest BCUT2D eigenvalue weighted by atomic mass is 19.1. The van der Waals surface area contributed by atoms with Crippen LogP contribution in [-0.4, -0.2) is 33.5 Å². The number of benzene rings is 1. The molecule has 1 rings (SSSR count). The molecule has 18 heavy (non-hydrogen) atoms. The molecule has 0 fully saturated rings. The van der Waals surface area contributed by atoms with Crippen LogP contribution in [0.25, 0.3) is 0 Å². The maximum absolute atomic E-state index is 13.4. The van der Waals surface area contributed by atoms with Crippen LogP contribution in [-0.2, 0) is 16.0 Å². The van der Waals surface area contributed by atoms with Gasteiger partial charge in [-0.05, 0) is 18.6 Å². The van der Waals surface area contributed by atoms with E-state index in [1.165, 1.54) is 6.07 Å². The van der Waals surface area contributed by atoms with Crippen molar-refractivity contribution < 1.29 is 18.6 Å². The highest BCUT2D eigenvalue weighted by molar-refractivity contribution is 5.34. The fourth-order valence-corrected chi connectivity index (χ4v) is 1.49. The Morgan fingerprint density at radius 1 is 1.17 bits per heavy atom. The Labute approximate surface area is 107 Å². The number of rotatable bonds is 9. The van der Waals surface area contributed by atoms with Crippen LogP contribution < -0.4 is 10.5 Å². The predicted octanol–water partition coefficient (Wildman–Crippen LogP) is 1.72. The first-order chi connectivity index (χ1) is 8.79. The van der Waals surface area contributed by atoms with Crippen molar-refractivity contribution in [2.45, 2.75) is 13.0 Å². The molecule has 0 unspecified atom stereocenters. The monoisotopic (exact) mass is 257 g/mol. The van der Waals surface area contributed by atoms with E-state index in [0.717, 1.165) is 6.42 Å². The summed E-state index contributed by atoms with van der Waals surface area (Å²) in [4.78, 5) is 0. The zero-order chi connectivity index (χ0) is 13.2. The lowest BCUT2D eigenvalue weighted by Gasteiger charge is -2.11. The van der Waals surface area contributed by atoms with Gasteiger partial charge in [0.2, 0.25) is 0 Å². The predicted molar refractivity (Wildman–Crippen MR) is 67.1 cm³/mol. The van der Waals surface area contributed by atoms with Gasteiger partial charge >= 0.3 is 0 Å². The van der Waals surface area contributed by atoms with E-state index in [2.05, 4.69) is 0 Å². The molecule has 102 valence electrons. The van der Waals surface area contributed by atoms with E-state index in [0.29, 0.717) is 37.7 Å². The Hall–Kier alpha value is -1.17. The molecule has 0 aliphatic rings. The van der Waals surface area contributed by atoms with Crippen LogP contribution in [0.4, 0.5) is 4.39 Å². The van der Waals surface area contributed by atoms with E-state index in [1.54, 1.807) is 19.2 Å². The van der Waals surface area contributed by atoms with Crippen molar-refractivity contribution in [2.75, 3.05) is 33.5 Å². The Morgan fingerprint density at radius 2 is 2.00 bits per heavy atom. The van der Waals surface area contributed by atoms with Crippen molar-refractivity contribution in [1.82, 2.24) is 0 Å². The van der Waals surface area contributed by atoms with Crippen LogP contribution in [0.2, 0.25) is 0 Å². The minimum Gasteiger partial charge on any atom is -0.491 e. The highest BCUT2D eigenvalue weighted by Gasteiger charge is 2.07. The van der Waals surface area contributed by atoms with Gasteiger partial charge < -0.3 is 19.9 Å². The van der Waals surface area contributed by atoms with E-state index in [4.69, 9.17) is 19.9 Å². The molecule has 0 saturated carbocycles. The molecule has 0 atom stereocenters. The van der Waals surface area contributed by atoms with Crippen LogP contribution >= 0.6 is 0 Å². The molecular formula is C13H20FNO3. The first-order valence-corrected chi connectivity index (χ1v) is 5.96. The summed E-state index contributed by atoms with van der Waals surface area (Å²) < 4.78 is 29.0. The van der Waals surface area contributed by atoms with Crippen molar-refractivity contribution in [2.24, 2.45) is 5.73 Å². The molecule has 0 aromatic heterocycles. The smallest absolute Gasteiger partial charge is 0.131 e. The lowest BCUT2D eigenvalue weighted by atomic mass is 10.2. The molecule has 5 heteroatoms. The summed E-state index contributed by atoms with van der Waals surface area (Å²) in [6.45, 7) is 2.27. The summed E-state index contributed by atoms with van der Waals surface area (Å²) in [6.07, 6.45) is 0.852. The second kappa shape index (κ2) is 8.85. The topological polar surface area (TPSA) is 53.7 Å². The van der Waals surface area contributed by atoms with Crippen molar-refractivity contribution in [3.8, 4) is 5.75 Å². The molecule has 1 aromatic rings. The lowest BCUT2D eigenvalue weighted by molar-refractivity contribution is 0.0803. The first-order valence-electron chi connectivity index (χ1n) is 5.96. The quantitative estimate of drug-likeness (QED) is 0.684. The normalized spacial score (nSPS) is 10.6. The van der Waals surface area contributed by atoms with Crippen molar-refractivity contribution in [3.05, 3.63) is 29.6 Å². The second-order valence-electron chi connectivity index (χ2n) is 3.73. The van der Waals surface area contributed by atoms with E-state index in [1.807, 2.05) is 0 Å². The van der Waals surface area contributed by atoms with E-state index in [9.17, 15) is 4.39 Å². The highest BCUT2D eigenvalue weighted by Crippen LogP contribution is 2.20. The van der Waals surface area contributed by atoms with Gasteiger partial charge in [-0.15, -0.1) is 0 Å². The molecule has 0 saturated heterocycles. The molecule has 0 aliphatic carbocycles. The molecule has 0 amide bonds. The molecule has 4 nitrogen and oxygen atoms in total. The maximum Gasteiger partial charge on any atom is 0.131 e. The van der Waals surface area contributed by atoms with Gasteiger partial charge in [0.15, 0.2) is 0 Å². The van der Waals surface area contributed by atoms with Crippen LogP contribution in [0.1, 0.15) is 12.0 Å². The lowest BCUT2D eigenvalue weighted by Crippen LogP contribution is -2.11. The van der Waals surface area contributed by atoms with E-state index >= 15 is 0 Å². The summed E-state index contributed by atoms with van der Waals surface area (Å²) in [5.74, 6) is 0.147. The van der Waals surface area contributed by atoms with Crippen molar-refractivity contribution in [3.63, 3.8) is 0 Å². The van der Waals surface area contributed by atoms with Gasteiger partial charge in [-0.3, -0.25) is 0 Å². The maximum atomic E-state index is 13.4. The number of hydrogen-bond donors (Lipinski definition) is 1. The Bertz CT molecular complexity index is 347. The Balaban J connectivity index is 2.25. The SMILES string of the molecule is COCCCOCCOc1cccc(F)c1CN. The van der Waals surface area contributed by atoms with Crippen LogP contribution in [0.3, 0.4) is 0 Å². The van der Waals surface area contributed by atoms with E-state index in [-0.39, 0.29) is 12.4 Å². The zero-order valence-corrected chi connectivity index (χ0v) is 10.7. The Kier molecular flexibility index (Phi) is 7.32. The Morgan fingerprint density at radius 3 is 2.72 bits per heavy atom. The molecule has 0 aliphatic heterocycles. The third-order valence-corrected chi connectivity index (χ3v) is 2.40. The fourth-order valence-electron chi connectivity index (χ4n) is 1.49. The van der Waals surface area contributed by atoms with Gasteiger partial charge in [0, 0.05) is 32.4 Å². The van der Waals surface area contributed by atoms with Gasteiger partial charge in [-0.1, -0.05) is 6.07 Å². The second-order valence-corrected chi connectivity index (χ2v) is 3.73. The molecule has 1 aromatic carbocycles. The number of ether oxygens (including phenoxy) is 3. The summed E-state index contributed by atoms with van der Waals surface area (Å²) in [7, 11) is 1.65. The van der Waals surface area contributed by atoms with Crippen LogP contribution in [0, 0.1) is 5.82 Å². The molecular weight excluding hydrogens is 237 g/mol. The summed E-state index contributed by atoms with van der Waals surface area (Å²) in [6, 6.07) is 4.68. The summed E-state index contributed by atoms with van der Waals surface area (Å²) in [5, 5.41) is 0. The molecule has 0 heterocycles. The first kappa shape index (κ1) is 14.9. The number of nitrogens with two attached hydrogens (primary N) is 1. The number of methoxy groups -OCH3 is 1. The van der Waals surface area contributed by atoms with Gasteiger partial charge in [-0.25, -0.2) is 4.39 Å². The van der Waals surface area contributed by atoms with Gasteiger partial charge in [-0.2, -0.15) is 0 Å². The molecule has 0 bridgehead atoms. The van der Waals surface area contributed by atoms with E-state index < -0.39 is 0 Å². The van der Waals surface area contributed by atoms with Crippen LogP contribution in [0.15, 0.2) is 18.2 Å². The van der Waals surface area contributed by atoms with Crippen LogP contribution in [0.5, 0.6) is 5.75 Å². The van der Waals surface area contributed by atoms with Crippen molar-refractivity contribution >= 4 is 0 Å². The standard InChI is InChI=1S/C13H20FNO3/c1-16-6-3-7-17-8-9-18-13-5-2-4-12(14)11(13)10-15/h2,4-5H,3,6-10,15H2,1H3. The molecule has 0 radical (unpaired) electrons. The zero-order valence-electron chi connectivity index (χ0n) is 10.7. The number of hydrogen-bond acceptors (Lipinski definition) is 4. The minimum atomic E-state index is -0.337. The average molecular weight is 257 g/mol. The van der Waals surface area contributed by atoms with Gasteiger partial charge in [0.1, 0.15) is 18.2 Å². The fraction of sp³-hybridized carbons (Fsp3) is 0.538. The number of halogens is 1. The molecule has 2 N–H and O–H groups in total. The third kappa shape index (κ3) is 5.00. The average Bonchev–Trinajstić information content (AvgIpc) is 2.38.